The van der Waals surface area contributed by atoms with E-state index in [4.69, 9.17) is 4.74 Å². The van der Waals surface area contributed by atoms with Crippen LogP contribution < -0.4 is 10.6 Å². The maximum atomic E-state index is 12.3. The predicted octanol–water partition coefficient (Wildman–Crippen LogP) is 0.912. The van der Waals surface area contributed by atoms with Crippen LogP contribution in [-0.4, -0.2) is 61.9 Å². The number of nitrogens with zero attached hydrogens (tertiary/aromatic N) is 1. The number of benzene rings is 1. The van der Waals surface area contributed by atoms with Crippen LogP contribution in [0, 0.1) is 11.8 Å². The van der Waals surface area contributed by atoms with Crippen LogP contribution in [0.5, 0.6) is 0 Å². The number of hydrogen-bond donors (Lipinski definition) is 2. The number of hydrogen-bond acceptors (Lipinski definition) is 5. The van der Waals surface area contributed by atoms with Crippen molar-refractivity contribution in [2.75, 3.05) is 44.7 Å². The average Bonchev–Trinajstić information content (AvgIpc) is 3.44. The van der Waals surface area contributed by atoms with E-state index in [1.807, 2.05) is 0 Å². The van der Waals surface area contributed by atoms with Crippen LogP contribution in [0.1, 0.15) is 23.7 Å². The van der Waals surface area contributed by atoms with Crippen LogP contribution in [0.4, 0.5) is 5.69 Å². The van der Waals surface area contributed by atoms with E-state index in [1.54, 1.807) is 24.3 Å². The fourth-order valence-electron chi connectivity index (χ4n) is 3.12. The van der Waals surface area contributed by atoms with Crippen molar-refractivity contribution in [1.82, 2.24) is 10.2 Å². The first-order valence-electron chi connectivity index (χ1n) is 9.04. The van der Waals surface area contributed by atoms with E-state index in [9.17, 15) is 14.4 Å². The molecule has 1 aromatic carbocycles. The standard InChI is InChI=1S/C19H25N3O4/c1-13(23)14-3-2-4-15(11-14)21-19(25)17-12-16(17)18(24)20-5-6-22-7-9-26-10-8-22/h2-4,11,16-17H,5-10,12H2,1H3,(H,20,24)(H,21,25). The number of morpholine rings is 1. The fourth-order valence-corrected chi connectivity index (χ4v) is 3.12. The summed E-state index contributed by atoms with van der Waals surface area (Å²) in [7, 11) is 0. The highest BCUT2D eigenvalue weighted by Crippen LogP contribution is 2.39. The minimum absolute atomic E-state index is 0.0509. The van der Waals surface area contributed by atoms with Crippen LogP contribution in [0.25, 0.3) is 0 Å². The third-order valence-electron chi connectivity index (χ3n) is 4.83. The number of nitrogens with one attached hydrogen (secondary N) is 2. The molecule has 2 aliphatic rings. The van der Waals surface area contributed by atoms with Gasteiger partial charge < -0.3 is 15.4 Å². The summed E-state index contributed by atoms with van der Waals surface area (Å²) in [6.45, 7) is 6.14. The van der Waals surface area contributed by atoms with E-state index < -0.39 is 0 Å². The number of Topliss-reactive ketones (excluding diaryl/α,β-unsaturated/α-hetero) is 1. The summed E-state index contributed by atoms with van der Waals surface area (Å²) in [4.78, 5) is 38.1. The molecule has 140 valence electrons. The molecule has 1 aliphatic heterocycles. The van der Waals surface area contributed by atoms with Crippen LogP contribution in [0.2, 0.25) is 0 Å². The second-order valence-electron chi connectivity index (χ2n) is 6.82. The molecular weight excluding hydrogens is 334 g/mol. The lowest BCUT2D eigenvalue weighted by Crippen LogP contribution is -2.41. The lowest BCUT2D eigenvalue weighted by atomic mass is 10.1. The smallest absolute Gasteiger partial charge is 0.228 e. The van der Waals surface area contributed by atoms with E-state index in [-0.39, 0.29) is 29.4 Å². The maximum absolute atomic E-state index is 12.3. The van der Waals surface area contributed by atoms with Gasteiger partial charge in [-0.15, -0.1) is 0 Å². The SMILES string of the molecule is CC(=O)c1cccc(NC(=O)C2CC2C(=O)NCCN2CCOCC2)c1. The van der Waals surface area contributed by atoms with Crippen molar-refractivity contribution in [3.63, 3.8) is 0 Å². The Bertz CT molecular complexity index is 685. The Morgan fingerprint density at radius 3 is 2.62 bits per heavy atom. The van der Waals surface area contributed by atoms with Crippen molar-refractivity contribution in [2.24, 2.45) is 11.8 Å². The summed E-state index contributed by atoms with van der Waals surface area (Å²) in [5.41, 5.74) is 1.14. The van der Waals surface area contributed by atoms with Crippen molar-refractivity contribution in [3.8, 4) is 0 Å². The fraction of sp³-hybridized carbons (Fsp3) is 0.526. The summed E-state index contributed by atoms with van der Waals surface area (Å²) in [5, 5.41) is 5.72. The Morgan fingerprint density at radius 2 is 1.88 bits per heavy atom. The number of anilines is 1. The van der Waals surface area contributed by atoms with Crippen LogP contribution >= 0.6 is 0 Å². The zero-order valence-electron chi connectivity index (χ0n) is 15.0. The first-order valence-corrected chi connectivity index (χ1v) is 9.04. The highest BCUT2D eigenvalue weighted by Gasteiger charge is 2.47. The topological polar surface area (TPSA) is 87.7 Å². The van der Waals surface area contributed by atoms with Crippen molar-refractivity contribution >= 4 is 23.3 Å². The molecule has 1 saturated heterocycles. The zero-order chi connectivity index (χ0) is 18.5. The van der Waals surface area contributed by atoms with Gasteiger partial charge in [0.1, 0.15) is 0 Å². The summed E-state index contributed by atoms with van der Waals surface area (Å²) in [6.07, 6.45) is 0.571. The predicted molar refractivity (Wildman–Crippen MR) is 96.9 cm³/mol. The molecule has 3 rings (SSSR count). The number of amides is 2. The molecule has 2 fully saturated rings. The minimum atomic E-state index is -0.292. The molecule has 2 amide bonds. The van der Waals surface area contributed by atoms with Gasteiger partial charge in [-0.1, -0.05) is 12.1 Å². The van der Waals surface area contributed by atoms with Crippen LogP contribution in [-0.2, 0) is 14.3 Å². The van der Waals surface area contributed by atoms with E-state index in [0.29, 0.717) is 24.2 Å². The van der Waals surface area contributed by atoms with Gasteiger partial charge in [0.15, 0.2) is 5.78 Å². The molecule has 0 spiro atoms. The number of carbonyl (C=O) groups excluding carboxylic acids is 3. The Labute approximate surface area is 153 Å². The molecule has 1 saturated carbocycles. The lowest BCUT2D eigenvalue weighted by Gasteiger charge is -2.26. The van der Waals surface area contributed by atoms with Crippen molar-refractivity contribution in [3.05, 3.63) is 29.8 Å². The number of rotatable bonds is 7. The third-order valence-corrected chi connectivity index (χ3v) is 4.83. The van der Waals surface area contributed by atoms with E-state index in [2.05, 4.69) is 15.5 Å². The molecule has 0 radical (unpaired) electrons. The lowest BCUT2D eigenvalue weighted by molar-refractivity contribution is -0.125. The molecule has 2 atom stereocenters. The van der Waals surface area contributed by atoms with Crippen molar-refractivity contribution in [2.45, 2.75) is 13.3 Å². The molecule has 7 nitrogen and oxygen atoms in total. The van der Waals surface area contributed by atoms with Gasteiger partial charge in [0, 0.05) is 37.4 Å². The normalized spacial score (nSPS) is 22.5. The molecule has 1 aromatic rings. The molecule has 1 heterocycles. The quantitative estimate of drug-likeness (QED) is 0.707. The molecule has 2 unspecified atom stereocenters. The molecule has 1 aliphatic carbocycles. The first kappa shape index (κ1) is 18.5. The molecule has 0 aromatic heterocycles. The van der Waals surface area contributed by atoms with Gasteiger partial charge in [-0.2, -0.15) is 0 Å². The second-order valence-corrected chi connectivity index (χ2v) is 6.82. The Balaban J connectivity index is 1.41. The summed E-state index contributed by atoms with van der Waals surface area (Å²) in [5.74, 6) is -0.824. The Morgan fingerprint density at radius 1 is 1.15 bits per heavy atom. The molecular formula is C19H25N3O4. The maximum Gasteiger partial charge on any atom is 0.228 e. The second kappa shape index (κ2) is 8.42. The number of carbonyl (C=O) groups is 3. The molecule has 7 heteroatoms. The van der Waals surface area contributed by atoms with E-state index >= 15 is 0 Å². The minimum Gasteiger partial charge on any atom is -0.379 e. The summed E-state index contributed by atoms with van der Waals surface area (Å²) >= 11 is 0. The largest absolute Gasteiger partial charge is 0.379 e. The highest BCUT2D eigenvalue weighted by atomic mass is 16.5. The molecule has 2 N–H and O–H groups in total. The third kappa shape index (κ3) is 4.89. The van der Waals surface area contributed by atoms with E-state index in [0.717, 1.165) is 32.8 Å². The number of ether oxygens (including phenoxy) is 1. The van der Waals surface area contributed by atoms with Crippen LogP contribution in [0.3, 0.4) is 0 Å². The summed E-state index contributed by atoms with van der Waals surface area (Å²) in [6, 6.07) is 6.83. The van der Waals surface area contributed by atoms with Crippen molar-refractivity contribution < 1.29 is 19.1 Å². The highest BCUT2D eigenvalue weighted by molar-refractivity contribution is 6.01. The van der Waals surface area contributed by atoms with Gasteiger partial charge in [-0.05, 0) is 25.5 Å². The first-order chi connectivity index (χ1) is 12.5. The van der Waals surface area contributed by atoms with Gasteiger partial charge in [0.2, 0.25) is 11.8 Å². The monoisotopic (exact) mass is 359 g/mol. The van der Waals surface area contributed by atoms with Crippen molar-refractivity contribution in [1.29, 1.82) is 0 Å². The van der Waals surface area contributed by atoms with Gasteiger partial charge in [0.05, 0.1) is 25.0 Å². The van der Waals surface area contributed by atoms with E-state index in [1.165, 1.54) is 6.92 Å². The molecule has 26 heavy (non-hydrogen) atoms. The Hall–Kier alpha value is -2.25. The van der Waals surface area contributed by atoms with Gasteiger partial charge in [-0.25, -0.2) is 0 Å². The van der Waals surface area contributed by atoms with Gasteiger partial charge in [-0.3, -0.25) is 19.3 Å². The average molecular weight is 359 g/mol. The summed E-state index contributed by atoms with van der Waals surface area (Å²) < 4.78 is 5.29. The van der Waals surface area contributed by atoms with Gasteiger partial charge in [0.25, 0.3) is 0 Å². The number of ketones is 1. The zero-order valence-corrected chi connectivity index (χ0v) is 15.0. The molecule has 0 bridgehead atoms. The van der Waals surface area contributed by atoms with Crippen LogP contribution in [0.15, 0.2) is 24.3 Å². The van der Waals surface area contributed by atoms with Gasteiger partial charge >= 0.3 is 0 Å². The Kier molecular flexibility index (Phi) is 6.00.